The molecule has 5 rings (SSSR count). The maximum Gasteiger partial charge on any atom is 0.573 e. The fourth-order valence-corrected chi connectivity index (χ4v) is 5.67. The molecule has 2 heterocycles. The molecule has 0 unspecified atom stereocenters. The lowest BCUT2D eigenvalue weighted by Gasteiger charge is -2.23. The number of aromatic nitrogens is 3. The van der Waals surface area contributed by atoms with Crippen LogP contribution in [0.5, 0.6) is 11.5 Å². The van der Waals surface area contributed by atoms with Crippen LogP contribution in [0.2, 0.25) is 0 Å². The molecule has 1 N–H and O–H groups in total. The number of halogens is 3. The van der Waals surface area contributed by atoms with Gasteiger partial charge in [-0.05, 0) is 59.9 Å². The molecule has 1 aliphatic heterocycles. The predicted octanol–water partition coefficient (Wildman–Crippen LogP) is 6.83. The number of alkyl halides is 3. The molecule has 1 saturated heterocycles. The zero-order valence-electron chi connectivity index (χ0n) is 24.3. The molecular formula is C31H31F3N6O3S. The van der Waals surface area contributed by atoms with Gasteiger partial charge in [0.15, 0.2) is 11.0 Å². The summed E-state index contributed by atoms with van der Waals surface area (Å²) in [6.45, 7) is 5.40. The van der Waals surface area contributed by atoms with Crippen LogP contribution < -0.4 is 19.7 Å². The maximum absolute atomic E-state index is 12.8. The molecule has 1 fully saturated rings. The number of carbonyl (C=O) groups excluding carboxylic acids is 1. The summed E-state index contributed by atoms with van der Waals surface area (Å²) in [4.78, 5) is 23.6. The van der Waals surface area contributed by atoms with Crippen LogP contribution in [0.3, 0.4) is 0 Å². The third kappa shape index (κ3) is 7.70. The summed E-state index contributed by atoms with van der Waals surface area (Å²) in [5, 5.41) is 8.00. The number of amides is 2. The number of anilines is 1. The first-order valence-corrected chi connectivity index (χ1v) is 14.9. The van der Waals surface area contributed by atoms with Crippen molar-refractivity contribution in [1.29, 1.82) is 0 Å². The van der Waals surface area contributed by atoms with Crippen molar-refractivity contribution in [2.75, 3.05) is 30.9 Å². The second kappa shape index (κ2) is 13.4. The van der Waals surface area contributed by atoms with Crippen LogP contribution in [0.4, 0.5) is 23.7 Å². The Labute approximate surface area is 257 Å². The predicted molar refractivity (Wildman–Crippen MR) is 165 cm³/mol. The summed E-state index contributed by atoms with van der Waals surface area (Å²) < 4.78 is 48.1. The lowest BCUT2D eigenvalue weighted by molar-refractivity contribution is -0.274. The van der Waals surface area contributed by atoms with E-state index in [1.54, 1.807) is 18.9 Å². The summed E-state index contributed by atoms with van der Waals surface area (Å²) in [5.41, 5.74) is 4.42. The molecule has 0 saturated carbocycles. The number of nitrogens with zero attached hydrogens (tertiary/aromatic N) is 5. The van der Waals surface area contributed by atoms with Crippen LogP contribution in [0.25, 0.3) is 17.1 Å². The van der Waals surface area contributed by atoms with E-state index in [9.17, 15) is 18.0 Å². The molecule has 1 aliphatic rings. The normalized spacial score (nSPS) is 14.3. The van der Waals surface area contributed by atoms with Crippen LogP contribution >= 0.6 is 11.8 Å². The van der Waals surface area contributed by atoms with Gasteiger partial charge in [-0.2, -0.15) is 4.99 Å². The van der Waals surface area contributed by atoms with Crippen LogP contribution in [-0.2, 0) is 6.42 Å². The number of hydrogen-bond acceptors (Lipinski definition) is 6. The second-order valence-corrected chi connectivity index (χ2v) is 11.3. The topological polar surface area (TPSA) is 93.9 Å². The lowest BCUT2D eigenvalue weighted by Crippen LogP contribution is -2.29. The number of rotatable bonds is 9. The minimum Gasteiger partial charge on any atom is -0.497 e. The zero-order valence-corrected chi connectivity index (χ0v) is 25.2. The van der Waals surface area contributed by atoms with E-state index in [0.717, 1.165) is 40.4 Å². The average Bonchev–Trinajstić information content (AvgIpc) is 3.67. The largest absolute Gasteiger partial charge is 0.573 e. The van der Waals surface area contributed by atoms with Crippen molar-refractivity contribution in [3.63, 3.8) is 0 Å². The molecule has 0 bridgehead atoms. The summed E-state index contributed by atoms with van der Waals surface area (Å²) in [6.07, 6.45) is -2.70. The lowest BCUT2D eigenvalue weighted by atomic mass is 10.00. The van der Waals surface area contributed by atoms with E-state index in [4.69, 9.17) is 4.74 Å². The smallest absolute Gasteiger partial charge is 0.497 e. The number of benzene rings is 3. The van der Waals surface area contributed by atoms with Crippen molar-refractivity contribution in [2.24, 2.45) is 4.99 Å². The number of ether oxygens (including phenoxy) is 2. The van der Waals surface area contributed by atoms with Gasteiger partial charge in [-0.1, -0.05) is 49.9 Å². The van der Waals surface area contributed by atoms with Gasteiger partial charge < -0.3 is 19.7 Å². The molecule has 1 aromatic heterocycles. The zero-order chi connectivity index (χ0) is 31.3. The maximum atomic E-state index is 12.8. The summed E-state index contributed by atoms with van der Waals surface area (Å²) in [7, 11) is 1.64. The van der Waals surface area contributed by atoms with Gasteiger partial charge in [0.05, 0.1) is 12.8 Å². The highest BCUT2D eigenvalue weighted by molar-refractivity contribution is 8.14. The van der Waals surface area contributed by atoms with Crippen molar-refractivity contribution in [3.05, 3.63) is 84.2 Å². The summed E-state index contributed by atoms with van der Waals surface area (Å²) in [5.74, 6) is 2.01. The minimum absolute atomic E-state index is 0.296. The van der Waals surface area contributed by atoms with Gasteiger partial charge in [0.2, 0.25) is 0 Å². The molecule has 2 amide bonds. The standard InChI is InChI=1S/C31H31F3N6O3S/c1-20(2)26-12-11-25(42-3)18-27(26)39-15-16-44-30(39)37-29(41)35-14-13-21-5-4-6-22(17-21)28-36-19-40(38-28)23-7-9-24(10-8-23)43-31(32,33)34/h4-12,17-20H,13-16H2,1-3H3,(H,35,41)/b37-30-. The number of carbonyl (C=O) groups is 1. The van der Waals surface area contributed by atoms with Crippen LogP contribution in [-0.4, -0.2) is 58.3 Å². The molecule has 3 aromatic carbocycles. The fourth-order valence-electron chi connectivity index (χ4n) is 4.72. The number of hydrogen-bond donors (Lipinski definition) is 1. The van der Waals surface area contributed by atoms with E-state index < -0.39 is 12.4 Å². The molecule has 0 aliphatic carbocycles. The quantitative estimate of drug-likeness (QED) is 0.218. The van der Waals surface area contributed by atoms with Gasteiger partial charge >= 0.3 is 12.4 Å². The highest BCUT2D eigenvalue weighted by Crippen LogP contribution is 2.35. The van der Waals surface area contributed by atoms with Gasteiger partial charge in [0.1, 0.15) is 17.8 Å². The Morgan fingerprint density at radius 3 is 2.59 bits per heavy atom. The molecular weight excluding hydrogens is 593 g/mol. The van der Waals surface area contributed by atoms with Gasteiger partial charge in [0.25, 0.3) is 0 Å². The van der Waals surface area contributed by atoms with Crippen molar-refractivity contribution in [1.82, 2.24) is 20.1 Å². The molecule has 230 valence electrons. The minimum atomic E-state index is -4.76. The first kappa shape index (κ1) is 30.9. The second-order valence-electron chi connectivity index (χ2n) is 10.2. The van der Waals surface area contributed by atoms with Gasteiger partial charge in [-0.3, -0.25) is 0 Å². The number of amidine groups is 1. The van der Waals surface area contributed by atoms with Crippen molar-refractivity contribution < 1.29 is 27.4 Å². The van der Waals surface area contributed by atoms with E-state index in [1.165, 1.54) is 35.3 Å². The Bertz CT molecular complexity index is 1640. The highest BCUT2D eigenvalue weighted by Gasteiger charge is 2.31. The number of nitrogens with one attached hydrogen (secondary N) is 1. The average molecular weight is 625 g/mol. The van der Waals surface area contributed by atoms with Crippen LogP contribution in [0.1, 0.15) is 30.9 Å². The number of thioether (sulfide) groups is 1. The van der Waals surface area contributed by atoms with Crippen LogP contribution in [0, 0.1) is 0 Å². The van der Waals surface area contributed by atoms with Gasteiger partial charge in [0, 0.05) is 36.2 Å². The Kier molecular flexibility index (Phi) is 9.43. The molecule has 9 nitrogen and oxygen atoms in total. The third-order valence-electron chi connectivity index (χ3n) is 6.83. The van der Waals surface area contributed by atoms with E-state index in [1.807, 2.05) is 36.4 Å². The van der Waals surface area contributed by atoms with E-state index in [-0.39, 0.29) is 5.75 Å². The third-order valence-corrected chi connectivity index (χ3v) is 7.78. The molecule has 44 heavy (non-hydrogen) atoms. The van der Waals surface area contributed by atoms with E-state index in [0.29, 0.717) is 35.6 Å². The Morgan fingerprint density at radius 1 is 1.09 bits per heavy atom. The van der Waals surface area contributed by atoms with Crippen molar-refractivity contribution in [2.45, 2.75) is 32.5 Å². The molecule has 13 heteroatoms. The Balaban J connectivity index is 1.20. The van der Waals surface area contributed by atoms with Gasteiger partial charge in [-0.15, -0.1) is 18.3 Å². The number of methoxy groups -OCH3 is 1. The molecule has 0 spiro atoms. The fraction of sp³-hybridized carbons (Fsp3) is 0.290. The number of aliphatic imine (C=N–C) groups is 1. The van der Waals surface area contributed by atoms with E-state index >= 15 is 0 Å². The Hall–Kier alpha value is -4.52. The van der Waals surface area contributed by atoms with Crippen LogP contribution in [0.15, 0.2) is 78.0 Å². The monoisotopic (exact) mass is 624 g/mol. The first-order valence-electron chi connectivity index (χ1n) is 13.9. The van der Waals surface area contributed by atoms with Crippen molar-refractivity contribution >= 4 is 28.6 Å². The highest BCUT2D eigenvalue weighted by atomic mass is 32.2. The molecule has 4 aromatic rings. The summed E-state index contributed by atoms with van der Waals surface area (Å²) in [6, 6.07) is 18.6. The molecule has 0 atom stereocenters. The molecule has 0 radical (unpaired) electrons. The number of urea groups is 1. The van der Waals surface area contributed by atoms with Gasteiger partial charge in [-0.25, -0.2) is 14.5 Å². The summed E-state index contributed by atoms with van der Waals surface area (Å²) >= 11 is 1.55. The first-order chi connectivity index (χ1) is 21.1. The Morgan fingerprint density at radius 2 is 1.86 bits per heavy atom. The van der Waals surface area contributed by atoms with E-state index in [2.05, 4.69) is 49.9 Å². The van der Waals surface area contributed by atoms with Crippen molar-refractivity contribution in [3.8, 4) is 28.6 Å². The SMILES string of the molecule is COc1ccc(C(C)C)c(N2CCS/C2=N\C(=O)NCCc2cccc(-c3ncn(-c4ccc(OC(F)(F)F)cc4)n3)c2)c1.